The summed E-state index contributed by atoms with van der Waals surface area (Å²) in [5, 5.41) is 4.55. The Labute approximate surface area is 170 Å². The van der Waals surface area contributed by atoms with Gasteiger partial charge in [-0.05, 0) is 62.9 Å². The standard InChI is InChI=1S/C21H29FN4O3/c1-13(2)12-26-15(4)19(14(3)25-26)10-11-20(27)23-24-21(28)16(5)29-18-8-6-17(22)7-9-18/h6-9,13,16H,10-12H2,1-5H3,(H,23,27)(H,24,28)/t16-/m1/s1. The number of ether oxygens (including phenoxy) is 1. The van der Waals surface area contributed by atoms with Gasteiger partial charge in [-0.25, -0.2) is 4.39 Å². The number of amides is 2. The van der Waals surface area contributed by atoms with Crippen LogP contribution in [0.1, 0.15) is 44.1 Å². The average Bonchev–Trinajstić information content (AvgIpc) is 2.92. The lowest BCUT2D eigenvalue weighted by Crippen LogP contribution is -2.47. The molecule has 0 bridgehead atoms. The van der Waals surface area contributed by atoms with Gasteiger partial charge in [0, 0.05) is 18.7 Å². The molecular formula is C21H29FN4O3. The number of nitrogens with zero attached hydrogens (tertiary/aromatic N) is 2. The Bertz CT molecular complexity index is 846. The lowest BCUT2D eigenvalue weighted by molar-refractivity contribution is -0.132. The lowest BCUT2D eigenvalue weighted by Gasteiger charge is -2.15. The molecule has 7 nitrogen and oxygen atoms in total. The fourth-order valence-electron chi connectivity index (χ4n) is 2.92. The molecule has 0 radical (unpaired) electrons. The zero-order valence-corrected chi connectivity index (χ0v) is 17.6. The third-order valence-electron chi connectivity index (χ3n) is 4.49. The molecule has 0 saturated heterocycles. The number of carbonyl (C=O) groups is 2. The minimum Gasteiger partial charge on any atom is -0.481 e. The zero-order chi connectivity index (χ0) is 21.6. The third-order valence-corrected chi connectivity index (χ3v) is 4.49. The Balaban J connectivity index is 1.80. The first kappa shape index (κ1) is 22.4. The van der Waals surface area contributed by atoms with Crippen molar-refractivity contribution in [2.24, 2.45) is 5.92 Å². The number of hydrogen-bond donors (Lipinski definition) is 2. The van der Waals surface area contributed by atoms with Crippen LogP contribution in [0.4, 0.5) is 4.39 Å². The summed E-state index contributed by atoms with van der Waals surface area (Å²) < 4.78 is 20.3. The van der Waals surface area contributed by atoms with Crippen molar-refractivity contribution < 1.29 is 18.7 Å². The van der Waals surface area contributed by atoms with Gasteiger partial charge in [0.25, 0.3) is 5.91 Å². The molecule has 0 aliphatic carbocycles. The molecule has 1 aromatic carbocycles. The largest absolute Gasteiger partial charge is 0.481 e. The third kappa shape index (κ3) is 6.58. The molecule has 1 atom stereocenters. The van der Waals surface area contributed by atoms with E-state index in [4.69, 9.17) is 4.74 Å². The Morgan fingerprint density at radius 3 is 2.41 bits per heavy atom. The molecule has 2 aromatic rings. The van der Waals surface area contributed by atoms with Crippen LogP contribution in [0.15, 0.2) is 24.3 Å². The van der Waals surface area contributed by atoms with Gasteiger partial charge in [0.1, 0.15) is 11.6 Å². The zero-order valence-electron chi connectivity index (χ0n) is 17.6. The summed E-state index contributed by atoms with van der Waals surface area (Å²) in [7, 11) is 0. The van der Waals surface area contributed by atoms with Crippen LogP contribution in [-0.2, 0) is 22.6 Å². The highest BCUT2D eigenvalue weighted by molar-refractivity contribution is 5.84. The van der Waals surface area contributed by atoms with Gasteiger partial charge in [0.2, 0.25) is 5.91 Å². The van der Waals surface area contributed by atoms with E-state index in [1.807, 2.05) is 18.5 Å². The van der Waals surface area contributed by atoms with Gasteiger partial charge in [-0.1, -0.05) is 13.8 Å². The van der Waals surface area contributed by atoms with Crippen LogP contribution < -0.4 is 15.6 Å². The summed E-state index contributed by atoms with van der Waals surface area (Å²) in [6, 6.07) is 5.35. The van der Waals surface area contributed by atoms with Crippen LogP contribution in [0.3, 0.4) is 0 Å². The highest BCUT2D eigenvalue weighted by atomic mass is 19.1. The summed E-state index contributed by atoms with van der Waals surface area (Å²) in [6.07, 6.45) is -0.0822. The Hall–Kier alpha value is -2.90. The van der Waals surface area contributed by atoms with Crippen molar-refractivity contribution in [3.8, 4) is 5.75 Å². The molecular weight excluding hydrogens is 375 g/mol. The van der Waals surface area contributed by atoms with Gasteiger partial charge in [-0.15, -0.1) is 0 Å². The minimum absolute atomic E-state index is 0.225. The van der Waals surface area contributed by atoms with E-state index >= 15 is 0 Å². The van der Waals surface area contributed by atoms with E-state index in [1.165, 1.54) is 24.3 Å². The van der Waals surface area contributed by atoms with E-state index in [-0.39, 0.29) is 18.1 Å². The number of aromatic nitrogens is 2. The topological polar surface area (TPSA) is 85.3 Å². The Morgan fingerprint density at radius 1 is 1.14 bits per heavy atom. The van der Waals surface area contributed by atoms with E-state index < -0.39 is 12.0 Å². The summed E-state index contributed by atoms with van der Waals surface area (Å²) in [5.41, 5.74) is 7.79. The van der Waals surface area contributed by atoms with Gasteiger partial charge in [-0.2, -0.15) is 5.10 Å². The molecule has 0 unspecified atom stereocenters. The quantitative estimate of drug-likeness (QED) is 0.663. The number of nitrogens with one attached hydrogen (secondary N) is 2. The second-order valence-electron chi connectivity index (χ2n) is 7.48. The van der Waals surface area contributed by atoms with Crippen molar-refractivity contribution in [1.29, 1.82) is 0 Å². The maximum atomic E-state index is 12.9. The smallest absolute Gasteiger partial charge is 0.279 e. The fraction of sp³-hybridized carbons (Fsp3) is 0.476. The van der Waals surface area contributed by atoms with E-state index in [1.54, 1.807) is 6.92 Å². The van der Waals surface area contributed by atoms with E-state index in [2.05, 4.69) is 29.8 Å². The van der Waals surface area contributed by atoms with Crippen LogP contribution in [0.2, 0.25) is 0 Å². The predicted molar refractivity (Wildman–Crippen MR) is 108 cm³/mol. The van der Waals surface area contributed by atoms with E-state index in [0.717, 1.165) is 23.5 Å². The Kier molecular flexibility index (Phi) is 7.75. The molecule has 1 aromatic heterocycles. The SMILES string of the molecule is Cc1nn(CC(C)C)c(C)c1CCC(=O)NNC(=O)[C@@H](C)Oc1ccc(F)cc1. The maximum Gasteiger partial charge on any atom is 0.279 e. The molecule has 1 heterocycles. The van der Waals surface area contributed by atoms with Crippen molar-refractivity contribution in [3.05, 3.63) is 47.0 Å². The number of halogens is 1. The van der Waals surface area contributed by atoms with Crippen molar-refractivity contribution in [2.75, 3.05) is 0 Å². The maximum absolute atomic E-state index is 12.9. The van der Waals surface area contributed by atoms with Crippen LogP contribution in [-0.4, -0.2) is 27.7 Å². The first-order valence-corrected chi connectivity index (χ1v) is 9.71. The molecule has 2 N–H and O–H groups in total. The van der Waals surface area contributed by atoms with E-state index in [0.29, 0.717) is 18.1 Å². The molecule has 2 rings (SSSR count). The first-order valence-electron chi connectivity index (χ1n) is 9.71. The molecule has 2 amide bonds. The number of rotatable bonds is 8. The number of hydrogen-bond acceptors (Lipinski definition) is 4. The first-order chi connectivity index (χ1) is 13.7. The molecule has 0 aliphatic rings. The summed E-state index contributed by atoms with van der Waals surface area (Å²) in [5.74, 6) is -0.340. The molecule has 8 heteroatoms. The fourth-order valence-corrected chi connectivity index (χ4v) is 2.92. The predicted octanol–water partition coefficient (Wildman–Crippen LogP) is 2.84. The molecule has 29 heavy (non-hydrogen) atoms. The number of carbonyl (C=O) groups excluding carboxylic acids is 2. The summed E-state index contributed by atoms with van der Waals surface area (Å²) >= 11 is 0. The molecule has 0 fully saturated rings. The van der Waals surface area contributed by atoms with Crippen molar-refractivity contribution in [2.45, 2.75) is 60.1 Å². The van der Waals surface area contributed by atoms with Crippen molar-refractivity contribution in [3.63, 3.8) is 0 Å². The highest BCUT2D eigenvalue weighted by Crippen LogP contribution is 2.16. The lowest BCUT2D eigenvalue weighted by atomic mass is 10.1. The van der Waals surface area contributed by atoms with Crippen LogP contribution in [0.5, 0.6) is 5.75 Å². The van der Waals surface area contributed by atoms with Gasteiger partial charge in [-0.3, -0.25) is 25.1 Å². The van der Waals surface area contributed by atoms with Gasteiger partial charge in [0.05, 0.1) is 5.69 Å². The second kappa shape index (κ2) is 10.0. The normalized spacial score (nSPS) is 12.0. The van der Waals surface area contributed by atoms with Crippen LogP contribution >= 0.6 is 0 Å². The number of hydrazine groups is 1. The van der Waals surface area contributed by atoms with Gasteiger partial charge >= 0.3 is 0 Å². The van der Waals surface area contributed by atoms with Crippen LogP contribution in [0.25, 0.3) is 0 Å². The average molecular weight is 404 g/mol. The Morgan fingerprint density at radius 2 is 1.79 bits per heavy atom. The number of aryl methyl sites for hydroxylation is 1. The van der Waals surface area contributed by atoms with Crippen LogP contribution in [0, 0.1) is 25.6 Å². The number of benzene rings is 1. The van der Waals surface area contributed by atoms with Crippen molar-refractivity contribution in [1.82, 2.24) is 20.6 Å². The monoisotopic (exact) mass is 404 g/mol. The summed E-state index contributed by atoms with van der Waals surface area (Å²) in [4.78, 5) is 24.2. The summed E-state index contributed by atoms with van der Waals surface area (Å²) in [6.45, 7) is 10.6. The highest BCUT2D eigenvalue weighted by Gasteiger charge is 2.17. The molecule has 0 aliphatic heterocycles. The second-order valence-corrected chi connectivity index (χ2v) is 7.48. The molecule has 158 valence electrons. The molecule has 0 spiro atoms. The van der Waals surface area contributed by atoms with Gasteiger partial charge in [0.15, 0.2) is 6.10 Å². The van der Waals surface area contributed by atoms with Gasteiger partial charge < -0.3 is 4.74 Å². The van der Waals surface area contributed by atoms with E-state index in [9.17, 15) is 14.0 Å². The molecule has 0 saturated carbocycles. The minimum atomic E-state index is -0.848. The van der Waals surface area contributed by atoms with Crippen molar-refractivity contribution >= 4 is 11.8 Å².